The molecule has 2 aromatic rings. The van der Waals surface area contributed by atoms with E-state index in [1.165, 1.54) is 12.0 Å². The molecule has 0 aliphatic carbocycles. The number of rotatable bonds is 14. The summed E-state index contributed by atoms with van der Waals surface area (Å²) in [6, 6.07) is 12.1. The molecule has 1 N–H and O–H groups in total. The highest BCUT2D eigenvalue weighted by molar-refractivity contribution is 6.34. The molecule has 0 aliphatic heterocycles. The van der Waals surface area contributed by atoms with E-state index in [1.54, 1.807) is 49.4 Å². The Morgan fingerprint density at radius 3 is 2.21 bits per heavy atom. The molecule has 0 aliphatic rings. The number of carboxylic acids is 1. The predicted molar refractivity (Wildman–Crippen MR) is 129 cm³/mol. The Morgan fingerprint density at radius 1 is 0.971 bits per heavy atom. The van der Waals surface area contributed by atoms with Gasteiger partial charge in [0.25, 0.3) is 0 Å². The van der Waals surface area contributed by atoms with E-state index < -0.39 is 18.2 Å². The number of methoxy groups -OCH3 is 1. The summed E-state index contributed by atoms with van der Waals surface area (Å²) in [7, 11) is 1.33. The maximum Gasteiger partial charge on any atom is 0.409 e. The van der Waals surface area contributed by atoms with Gasteiger partial charge >= 0.3 is 12.1 Å². The number of carbonyl (C=O) groups excluding carboxylic acids is 1. The standard InChI is InChI=1S/C24H29Cl2NO7/c1-3-32-22(23(28)29)13-17-5-7-20(8-6-17)34-12-10-27(24(30)31-2)9-4-11-33-21-15-18(25)14-19(26)16-21/h5-8,14-16,22H,3-4,9-13H2,1-2H3,(H,28,29). The van der Waals surface area contributed by atoms with Crippen molar-refractivity contribution < 1.29 is 33.6 Å². The van der Waals surface area contributed by atoms with Crippen LogP contribution in [0.4, 0.5) is 4.79 Å². The summed E-state index contributed by atoms with van der Waals surface area (Å²) in [6.07, 6.45) is -0.507. The van der Waals surface area contributed by atoms with E-state index >= 15 is 0 Å². The van der Waals surface area contributed by atoms with Crippen molar-refractivity contribution in [2.24, 2.45) is 0 Å². The summed E-state index contributed by atoms with van der Waals surface area (Å²) < 4.78 is 21.5. The van der Waals surface area contributed by atoms with Crippen molar-refractivity contribution in [2.75, 3.05) is 40.0 Å². The molecule has 0 saturated carbocycles. The smallest absolute Gasteiger partial charge is 0.409 e. The summed E-state index contributed by atoms with van der Waals surface area (Å²) in [5, 5.41) is 10.2. The number of nitrogens with zero attached hydrogens (tertiary/aromatic N) is 1. The molecule has 0 spiro atoms. The van der Waals surface area contributed by atoms with Crippen LogP contribution < -0.4 is 9.47 Å². The van der Waals surface area contributed by atoms with Gasteiger partial charge in [0.05, 0.1) is 20.3 Å². The van der Waals surface area contributed by atoms with Gasteiger partial charge in [-0.3, -0.25) is 0 Å². The first kappa shape index (κ1) is 27.6. The van der Waals surface area contributed by atoms with Crippen LogP contribution in [0.25, 0.3) is 0 Å². The highest BCUT2D eigenvalue weighted by Crippen LogP contribution is 2.24. The van der Waals surface area contributed by atoms with Gasteiger partial charge in [0.2, 0.25) is 0 Å². The molecule has 8 nitrogen and oxygen atoms in total. The van der Waals surface area contributed by atoms with Gasteiger partial charge in [0, 0.05) is 29.6 Å². The zero-order valence-electron chi connectivity index (χ0n) is 19.2. The van der Waals surface area contributed by atoms with Crippen molar-refractivity contribution in [3.05, 3.63) is 58.1 Å². The lowest BCUT2D eigenvalue weighted by atomic mass is 10.1. The van der Waals surface area contributed by atoms with E-state index in [9.17, 15) is 14.7 Å². The number of benzene rings is 2. The first-order chi connectivity index (χ1) is 16.3. The summed E-state index contributed by atoms with van der Waals surface area (Å²) in [4.78, 5) is 24.8. The average molecular weight is 514 g/mol. The van der Waals surface area contributed by atoms with Crippen molar-refractivity contribution in [3.8, 4) is 11.5 Å². The predicted octanol–water partition coefficient (Wildman–Crippen LogP) is 4.94. The van der Waals surface area contributed by atoms with Gasteiger partial charge in [-0.15, -0.1) is 0 Å². The first-order valence-electron chi connectivity index (χ1n) is 10.8. The third kappa shape index (κ3) is 9.67. The van der Waals surface area contributed by atoms with E-state index in [0.717, 1.165) is 5.56 Å². The average Bonchev–Trinajstić information content (AvgIpc) is 2.80. The highest BCUT2D eigenvalue weighted by atomic mass is 35.5. The largest absolute Gasteiger partial charge is 0.493 e. The van der Waals surface area contributed by atoms with Crippen molar-refractivity contribution in [1.82, 2.24) is 4.90 Å². The van der Waals surface area contributed by atoms with Crippen LogP contribution in [0, 0.1) is 0 Å². The molecule has 2 rings (SSSR count). The SMILES string of the molecule is CCOC(Cc1ccc(OCCN(CCCOc2cc(Cl)cc(Cl)c2)C(=O)OC)cc1)C(=O)O. The fourth-order valence-electron chi connectivity index (χ4n) is 3.11. The molecule has 1 atom stereocenters. The van der Waals surface area contributed by atoms with Gasteiger partial charge < -0.3 is 29.0 Å². The van der Waals surface area contributed by atoms with Crippen LogP contribution in [-0.4, -0.2) is 68.2 Å². The van der Waals surface area contributed by atoms with Crippen LogP contribution in [-0.2, 0) is 20.7 Å². The number of aliphatic carboxylic acids is 1. The molecule has 0 radical (unpaired) electrons. The van der Waals surface area contributed by atoms with Gasteiger partial charge in [-0.05, 0) is 49.2 Å². The summed E-state index contributed by atoms with van der Waals surface area (Å²) in [5.74, 6) is 0.176. The van der Waals surface area contributed by atoms with Crippen LogP contribution in [0.1, 0.15) is 18.9 Å². The molecule has 1 amide bonds. The van der Waals surface area contributed by atoms with Crippen molar-refractivity contribution >= 4 is 35.3 Å². The fraction of sp³-hybridized carbons (Fsp3) is 0.417. The number of ether oxygens (including phenoxy) is 4. The van der Waals surface area contributed by atoms with E-state index in [-0.39, 0.29) is 13.0 Å². The minimum Gasteiger partial charge on any atom is -0.493 e. The maximum absolute atomic E-state index is 12.1. The Bertz CT molecular complexity index is 904. The number of carbonyl (C=O) groups is 2. The molecule has 0 saturated heterocycles. The molecular formula is C24H29Cl2NO7. The van der Waals surface area contributed by atoms with Crippen LogP contribution in [0.3, 0.4) is 0 Å². The molecule has 1 unspecified atom stereocenters. The third-order valence-corrected chi connectivity index (χ3v) is 5.16. The highest BCUT2D eigenvalue weighted by Gasteiger charge is 2.18. The number of hydrogen-bond acceptors (Lipinski definition) is 6. The Balaban J connectivity index is 1.78. The topological polar surface area (TPSA) is 94.5 Å². The van der Waals surface area contributed by atoms with Crippen LogP contribution in [0.2, 0.25) is 10.0 Å². The molecule has 0 aromatic heterocycles. The lowest BCUT2D eigenvalue weighted by molar-refractivity contribution is -0.149. The minimum atomic E-state index is -0.994. The third-order valence-electron chi connectivity index (χ3n) is 4.73. The zero-order valence-corrected chi connectivity index (χ0v) is 20.7. The first-order valence-corrected chi connectivity index (χ1v) is 11.6. The van der Waals surface area contributed by atoms with Gasteiger partial charge in [0.1, 0.15) is 18.1 Å². The number of amides is 1. The summed E-state index contributed by atoms with van der Waals surface area (Å²) >= 11 is 11.9. The molecule has 0 bridgehead atoms. The summed E-state index contributed by atoms with van der Waals surface area (Å²) in [5.41, 5.74) is 0.824. The number of halogens is 2. The second-order valence-corrected chi connectivity index (χ2v) is 8.12. The van der Waals surface area contributed by atoms with Gasteiger partial charge in [-0.25, -0.2) is 9.59 Å². The van der Waals surface area contributed by atoms with Crippen LogP contribution in [0.5, 0.6) is 11.5 Å². The minimum absolute atomic E-state index is 0.260. The lowest BCUT2D eigenvalue weighted by Crippen LogP contribution is -2.36. The molecule has 0 fully saturated rings. The monoisotopic (exact) mass is 513 g/mol. The van der Waals surface area contributed by atoms with Gasteiger partial charge in [-0.2, -0.15) is 0 Å². The Kier molecular flexibility index (Phi) is 11.8. The normalized spacial score (nSPS) is 11.5. The number of carboxylic acid groups (broad SMARTS) is 1. The Hall–Kier alpha value is -2.68. The molecule has 186 valence electrons. The maximum atomic E-state index is 12.1. The van der Waals surface area contributed by atoms with Gasteiger partial charge in [0.15, 0.2) is 6.10 Å². The van der Waals surface area contributed by atoms with Gasteiger partial charge in [-0.1, -0.05) is 35.3 Å². The second kappa shape index (κ2) is 14.6. The summed E-state index contributed by atoms with van der Waals surface area (Å²) in [6.45, 7) is 3.45. The molecule has 2 aromatic carbocycles. The van der Waals surface area contributed by atoms with E-state index in [4.69, 9.17) is 42.1 Å². The van der Waals surface area contributed by atoms with Crippen molar-refractivity contribution in [3.63, 3.8) is 0 Å². The lowest BCUT2D eigenvalue weighted by Gasteiger charge is -2.21. The van der Waals surface area contributed by atoms with Crippen LogP contribution >= 0.6 is 23.2 Å². The molecular weight excluding hydrogens is 485 g/mol. The van der Waals surface area contributed by atoms with Crippen molar-refractivity contribution in [1.29, 1.82) is 0 Å². The molecule has 34 heavy (non-hydrogen) atoms. The Morgan fingerprint density at radius 2 is 1.62 bits per heavy atom. The van der Waals surface area contributed by atoms with Crippen molar-refractivity contribution in [2.45, 2.75) is 25.9 Å². The molecule has 0 heterocycles. The fourth-order valence-corrected chi connectivity index (χ4v) is 3.62. The second-order valence-electron chi connectivity index (χ2n) is 7.24. The van der Waals surface area contributed by atoms with E-state index in [1.807, 2.05) is 0 Å². The number of hydrogen-bond donors (Lipinski definition) is 1. The Labute approximate surface area is 209 Å². The van der Waals surface area contributed by atoms with Crippen LogP contribution in [0.15, 0.2) is 42.5 Å². The van der Waals surface area contributed by atoms with E-state index in [0.29, 0.717) is 54.3 Å². The van der Waals surface area contributed by atoms with E-state index in [2.05, 4.69) is 0 Å². The quantitative estimate of drug-likeness (QED) is 0.357. The zero-order chi connectivity index (χ0) is 24.9. The molecule has 10 heteroatoms.